The number of primary amides is 1. The number of rotatable bonds is 3. The Labute approximate surface area is 174 Å². The Bertz CT molecular complexity index is 979. The molecule has 10 nitrogen and oxygen atoms in total. The van der Waals surface area contributed by atoms with Gasteiger partial charge in [-0.3, -0.25) is 9.59 Å². The number of nitrogens with two attached hydrogens (primary N) is 1. The van der Waals surface area contributed by atoms with Crippen LogP contribution in [0.1, 0.15) is 22.5 Å². The van der Waals surface area contributed by atoms with Crippen LogP contribution in [0, 0.1) is 12.3 Å². The van der Waals surface area contributed by atoms with Crippen molar-refractivity contribution in [3.63, 3.8) is 0 Å². The lowest BCUT2D eigenvalue weighted by molar-refractivity contribution is -0.133. The number of aromatic nitrogens is 2. The van der Waals surface area contributed by atoms with Crippen LogP contribution in [0.25, 0.3) is 5.69 Å². The fourth-order valence-electron chi connectivity index (χ4n) is 2.55. The Morgan fingerprint density at radius 3 is 2.57 bits per heavy atom. The molecular formula is C20H24N6O4. The van der Waals surface area contributed by atoms with Crippen LogP contribution in [0.15, 0.2) is 30.5 Å². The topological polar surface area (TPSA) is 134 Å². The molecule has 2 heterocycles. The zero-order chi connectivity index (χ0) is 22.4. The molecule has 0 bridgehead atoms. The summed E-state index contributed by atoms with van der Waals surface area (Å²) in [6.07, 6.45) is 6.74. The number of urea groups is 1. The van der Waals surface area contributed by atoms with Gasteiger partial charge in [-0.25, -0.2) is 9.48 Å². The van der Waals surface area contributed by atoms with E-state index >= 15 is 0 Å². The van der Waals surface area contributed by atoms with E-state index in [1.807, 2.05) is 0 Å². The van der Waals surface area contributed by atoms with Crippen LogP contribution in [0.3, 0.4) is 0 Å². The molecule has 0 saturated carbocycles. The quantitative estimate of drug-likeness (QED) is 0.622. The number of nitrogens with zero attached hydrogens (tertiary/aromatic N) is 4. The third-order valence-corrected chi connectivity index (χ3v) is 4.27. The summed E-state index contributed by atoms with van der Waals surface area (Å²) in [6.45, 7) is 0.694. The molecule has 2 aromatic rings. The smallest absolute Gasteiger partial charge is 0.321 e. The number of carbonyl (C=O) groups is 3. The van der Waals surface area contributed by atoms with Crippen molar-refractivity contribution in [2.45, 2.75) is 12.5 Å². The normalized spacial score (nSPS) is 15.1. The number of terminal acetylenes is 1. The zero-order valence-corrected chi connectivity index (χ0v) is 17.0. The monoisotopic (exact) mass is 412 g/mol. The van der Waals surface area contributed by atoms with E-state index in [0.717, 1.165) is 0 Å². The molecule has 1 atom stereocenters. The van der Waals surface area contributed by atoms with Crippen molar-refractivity contribution in [3.05, 3.63) is 41.7 Å². The van der Waals surface area contributed by atoms with E-state index in [-0.39, 0.29) is 23.3 Å². The van der Waals surface area contributed by atoms with Gasteiger partial charge < -0.3 is 26.0 Å². The van der Waals surface area contributed by atoms with Crippen molar-refractivity contribution in [2.75, 3.05) is 33.0 Å². The Morgan fingerprint density at radius 1 is 1.40 bits per heavy atom. The SMILES string of the molecule is C#Cc1cccc(-n2cc(NC(=O)N(C)C)c(C(N)=O)n2)c1.CN1CC[C@H](O)C1=O. The first-order valence-corrected chi connectivity index (χ1v) is 9.02. The van der Waals surface area contributed by atoms with Crippen LogP contribution in [0.5, 0.6) is 0 Å². The first-order valence-electron chi connectivity index (χ1n) is 9.02. The number of hydrogen-bond acceptors (Lipinski definition) is 5. The maximum absolute atomic E-state index is 11.7. The summed E-state index contributed by atoms with van der Waals surface area (Å²) in [5, 5.41) is 15.5. The molecule has 4 amide bonds. The lowest BCUT2D eigenvalue weighted by atomic mass is 10.2. The van der Waals surface area contributed by atoms with Gasteiger partial charge in [0.15, 0.2) is 5.69 Å². The van der Waals surface area contributed by atoms with Gasteiger partial charge in [-0.15, -0.1) is 6.42 Å². The van der Waals surface area contributed by atoms with Crippen molar-refractivity contribution >= 4 is 23.5 Å². The van der Waals surface area contributed by atoms with Crippen molar-refractivity contribution in [3.8, 4) is 18.0 Å². The number of nitrogens with one attached hydrogen (secondary N) is 1. The standard InChI is InChI=1S/C15H15N5O2.C5H9NO2/c1-4-10-6-5-7-11(8-10)20-9-12(13(18-20)14(16)21)17-15(22)19(2)3;1-6-3-2-4(7)5(6)8/h1,5-9H,2-3H3,(H2,16,21)(H,17,22);4,7H,2-3H2,1H3/t;4-/m.0/s1. The highest BCUT2D eigenvalue weighted by Gasteiger charge is 2.26. The molecule has 1 aliphatic rings. The average Bonchev–Trinajstić information content (AvgIpc) is 3.27. The number of likely N-dealkylation sites (N-methyl/N-ethyl adjacent to an activating group) is 1. The molecule has 0 spiro atoms. The predicted molar refractivity (Wildman–Crippen MR) is 111 cm³/mol. The first-order chi connectivity index (χ1) is 14.1. The Kier molecular flexibility index (Phi) is 7.17. The molecule has 4 N–H and O–H groups in total. The highest BCUT2D eigenvalue weighted by Crippen LogP contribution is 2.18. The maximum Gasteiger partial charge on any atom is 0.321 e. The van der Waals surface area contributed by atoms with Crippen LogP contribution in [-0.4, -0.2) is 76.3 Å². The predicted octanol–water partition coefficient (Wildman–Crippen LogP) is 0.255. The van der Waals surface area contributed by atoms with Gasteiger partial charge in [0.05, 0.1) is 17.6 Å². The number of amides is 4. The molecule has 1 aliphatic heterocycles. The molecule has 1 aromatic heterocycles. The molecule has 1 aromatic carbocycles. The molecule has 1 saturated heterocycles. The van der Waals surface area contributed by atoms with Gasteiger partial charge in [0.2, 0.25) is 0 Å². The van der Waals surface area contributed by atoms with E-state index in [1.165, 1.54) is 20.7 Å². The Hall–Kier alpha value is -3.84. The third kappa shape index (κ3) is 5.36. The van der Waals surface area contributed by atoms with Crippen LogP contribution in [0.4, 0.5) is 10.5 Å². The van der Waals surface area contributed by atoms with E-state index < -0.39 is 12.0 Å². The number of hydrogen-bond donors (Lipinski definition) is 3. The highest BCUT2D eigenvalue weighted by atomic mass is 16.3. The first kappa shape index (κ1) is 22.4. The number of likely N-dealkylation sites (tertiary alicyclic amines) is 1. The largest absolute Gasteiger partial charge is 0.383 e. The number of aliphatic hydroxyl groups excluding tert-OH is 1. The summed E-state index contributed by atoms with van der Waals surface area (Å²) in [4.78, 5) is 36.7. The van der Waals surface area contributed by atoms with Gasteiger partial charge in [0.1, 0.15) is 6.10 Å². The number of benzene rings is 1. The van der Waals surface area contributed by atoms with Gasteiger partial charge in [-0.1, -0.05) is 12.0 Å². The maximum atomic E-state index is 11.7. The number of aliphatic hydroxyl groups is 1. The van der Waals surface area contributed by atoms with E-state index in [4.69, 9.17) is 17.3 Å². The van der Waals surface area contributed by atoms with Gasteiger partial charge in [0.25, 0.3) is 11.8 Å². The Balaban J connectivity index is 0.000000335. The fourth-order valence-corrected chi connectivity index (χ4v) is 2.55. The van der Waals surface area contributed by atoms with Gasteiger partial charge in [-0.05, 0) is 24.6 Å². The molecular weight excluding hydrogens is 388 g/mol. The molecule has 30 heavy (non-hydrogen) atoms. The van der Waals surface area contributed by atoms with E-state index in [9.17, 15) is 14.4 Å². The summed E-state index contributed by atoms with van der Waals surface area (Å²) in [5.74, 6) is 1.64. The van der Waals surface area contributed by atoms with Crippen molar-refractivity contribution in [2.24, 2.45) is 5.73 Å². The number of anilines is 1. The summed E-state index contributed by atoms with van der Waals surface area (Å²) in [7, 11) is 4.86. The lowest BCUT2D eigenvalue weighted by Crippen LogP contribution is -2.28. The minimum Gasteiger partial charge on any atom is -0.383 e. The third-order valence-electron chi connectivity index (χ3n) is 4.27. The second-order valence-electron chi connectivity index (χ2n) is 6.78. The van der Waals surface area contributed by atoms with E-state index in [2.05, 4.69) is 16.3 Å². The Morgan fingerprint density at radius 2 is 2.10 bits per heavy atom. The van der Waals surface area contributed by atoms with Crippen molar-refractivity contribution in [1.82, 2.24) is 19.6 Å². The molecule has 10 heteroatoms. The fraction of sp³-hybridized carbons (Fsp3) is 0.300. The second-order valence-corrected chi connectivity index (χ2v) is 6.78. The minimum atomic E-state index is -0.735. The van der Waals surface area contributed by atoms with Crippen LogP contribution < -0.4 is 11.1 Å². The van der Waals surface area contributed by atoms with Crippen LogP contribution in [-0.2, 0) is 4.79 Å². The molecule has 0 radical (unpaired) electrons. The average molecular weight is 412 g/mol. The van der Waals surface area contributed by atoms with Gasteiger partial charge >= 0.3 is 6.03 Å². The van der Waals surface area contributed by atoms with E-state index in [0.29, 0.717) is 24.2 Å². The van der Waals surface area contributed by atoms with Crippen molar-refractivity contribution in [1.29, 1.82) is 0 Å². The minimum absolute atomic E-state index is 0.0266. The summed E-state index contributed by atoms with van der Waals surface area (Å²) in [6, 6.07) is 6.66. The van der Waals surface area contributed by atoms with E-state index in [1.54, 1.807) is 45.4 Å². The second kappa shape index (κ2) is 9.58. The molecule has 0 aliphatic carbocycles. The summed E-state index contributed by atoms with van der Waals surface area (Å²) < 4.78 is 1.44. The van der Waals surface area contributed by atoms with Crippen LogP contribution in [0.2, 0.25) is 0 Å². The molecule has 3 rings (SSSR count). The highest BCUT2D eigenvalue weighted by molar-refractivity contribution is 6.01. The van der Waals surface area contributed by atoms with Gasteiger partial charge in [-0.2, -0.15) is 5.10 Å². The molecule has 0 unspecified atom stereocenters. The van der Waals surface area contributed by atoms with Crippen molar-refractivity contribution < 1.29 is 19.5 Å². The van der Waals surface area contributed by atoms with Gasteiger partial charge in [0, 0.05) is 33.3 Å². The summed E-state index contributed by atoms with van der Waals surface area (Å²) >= 11 is 0. The van der Waals surface area contributed by atoms with Crippen LogP contribution >= 0.6 is 0 Å². The summed E-state index contributed by atoms with van der Waals surface area (Å²) in [5.41, 5.74) is 6.84. The molecule has 1 fully saturated rings. The number of carbonyl (C=O) groups excluding carboxylic acids is 3. The molecule has 158 valence electrons. The lowest BCUT2D eigenvalue weighted by Gasteiger charge is -2.10. The zero-order valence-electron chi connectivity index (χ0n) is 17.0.